The Balaban J connectivity index is 1.31. The van der Waals surface area contributed by atoms with Crippen LogP contribution in [0.4, 0.5) is 4.39 Å². The van der Waals surface area contributed by atoms with Gasteiger partial charge in [-0.15, -0.1) is 0 Å². The summed E-state index contributed by atoms with van der Waals surface area (Å²) in [5.74, 6) is 1.97. The Morgan fingerprint density at radius 2 is 2.12 bits per heavy atom. The Labute approximate surface area is 202 Å². The second-order valence-electron chi connectivity index (χ2n) is 11.1. The third-order valence-corrected chi connectivity index (χ3v) is 9.06. The van der Waals surface area contributed by atoms with Gasteiger partial charge in [0, 0.05) is 24.8 Å². The summed E-state index contributed by atoms with van der Waals surface area (Å²) in [6.45, 7) is 4.59. The van der Waals surface area contributed by atoms with Crippen LogP contribution in [0.15, 0.2) is 42.7 Å². The molecule has 1 fully saturated rings. The standard InChI is InChI=1S/C30H36FNO2/c1-19(18-33)4-3-5-29(34)21-7-8-24-20(14-21)6-9-26-25(24)12-13-30(2)27(10-11-28(26)30)22-15-23(31)17-32-16-22/h7-8,10,14-17,19,25-26,28,33H,3-6,9,11-13,18H2,1-2H3/t19-,25-,26-,28+,30-/m1/s1. The van der Waals surface area contributed by atoms with Crippen LogP contribution >= 0.6 is 0 Å². The second-order valence-corrected chi connectivity index (χ2v) is 11.1. The van der Waals surface area contributed by atoms with Crippen molar-refractivity contribution in [2.45, 2.75) is 71.1 Å². The zero-order valence-electron chi connectivity index (χ0n) is 20.4. The van der Waals surface area contributed by atoms with Crippen LogP contribution in [0, 0.1) is 29.0 Å². The first-order valence-electron chi connectivity index (χ1n) is 13.0. The van der Waals surface area contributed by atoms with Crippen molar-refractivity contribution in [3.05, 3.63) is 70.8 Å². The number of carbonyl (C=O) groups excluding carboxylic acids is 1. The minimum atomic E-state index is -0.265. The summed E-state index contributed by atoms with van der Waals surface area (Å²) in [5.41, 5.74) is 5.96. The number of pyridine rings is 1. The third kappa shape index (κ3) is 4.15. The molecule has 1 saturated carbocycles. The Hall–Kier alpha value is -2.33. The highest BCUT2D eigenvalue weighted by Gasteiger charge is 2.52. The van der Waals surface area contributed by atoms with E-state index >= 15 is 0 Å². The highest BCUT2D eigenvalue weighted by molar-refractivity contribution is 5.96. The van der Waals surface area contributed by atoms with E-state index in [2.05, 4.69) is 30.1 Å². The summed E-state index contributed by atoms with van der Waals surface area (Å²) >= 11 is 0. The average Bonchev–Trinajstić information content (AvgIpc) is 3.20. The van der Waals surface area contributed by atoms with Gasteiger partial charge in [0.15, 0.2) is 5.78 Å². The van der Waals surface area contributed by atoms with Gasteiger partial charge in [0.2, 0.25) is 0 Å². The number of allylic oxidation sites excluding steroid dienone is 2. The molecule has 1 N–H and O–H groups in total. The van der Waals surface area contributed by atoms with Gasteiger partial charge < -0.3 is 5.11 Å². The maximum Gasteiger partial charge on any atom is 0.162 e. The number of halogens is 1. The zero-order chi connectivity index (χ0) is 23.9. The number of aromatic nitrogens is 1. The molecule has 1 heterocycles. The first-order chi connectivity index (χ1) is 16.4. The molecule has 0 radical (unpaired) electrons. The number of ketones is 1. The molecule has 34 heavy (non-hydrogen) atoms. The molecule has 0 saturated heterocycles. The fourth-order valence-electron chi connectivity index (χ4n) is 7.18. The lowest BCUT2D eigenvalue weighted by molar-refractivity contribution is 0.0884. The van der Waals surface area contributed by atoms with Crippen molar-refractivity contribution in [2.75, 3.05) is 6.61 Å². The van der Waals surface area contributed by atoms with Gasteiger partial charge in [-0.2, -0.15) is 0 Å². The van der Waals surface area contributed by atoms with Gasteiger partial charge in [-0.1, -0.05) is 32.1 Å². The van der Waals surface area contributed by atoms with Gasteiger partial charge >= 0.3 is 0 Å². The summed E-state index contributed by atoms with van der Waals surface area (Å²) in [6.07, 6.45) is 13.2. The van der Waals surface area contributed by atoms with Gasteiger partial charge in [-0.05, 0) is 108 Å². The van der Waals surface area contributed by atoms with E-state index in [0.717, 1.165) is 56.1 Å². The van der Waals surface area contributed by atoms with Crippen molar-refractivity contribution < 1.29 is 14.3 Å². The normalized spacial score (nSPS) is 28.5. The molecular weight excluding hydrogens is 425 g/mol. The fraction of sp³-hybridized carbons (Fsp3) is 0.533. The van der Waals surface area contributed by atoms with Gasteiger partial charge in [-0.25, -0.2) is 4.39 Å². The molecule has 5 rings (SSSR count). The SMILES string of the molecule is C[C@@H](CO)CCCC(=O)c1ccc2c(c1)CC[C@@H]1[C@@H]2CC[C@]2(C)C(c3cncc(F)c3)=CC[C@@H]12. The summed E-state index contributed by atoms with van der Waals surface area (Å²) in [6, 6.07) is 8.08. The van der Waals surface area contributed by atoms with Crippen LogP contribution in [0.2, 0.25) is 0 Å². The number of hydrogen-bond acceptors (Lipinski definition) is 3. The maximum atomic E-state index is 13.9. The number of aryl methyl sites for hydroxylation is 1. The number of aliphatic hydroxyl groups is 1. The molecule has 2 aromatic rings. The minimum absolute atomic E-state index is 0.0791. The van der Waals surface area contributed by atoms with E-state index in [9.17, 15) is 14.3 Å². The van der Waals surface area contributed by atoms with Crippen LogP contribution in [0.3, 0.4) is 0 Å². The molecule has 3 aliphatic rings. The van der Waals surface area contributed by atoms with Crippen LogP contribution in [0.1, 0.15) is 91.8 Å². The van der Waals surface area contributed by atoms with E-state index in [1.54, 1.807) is 6.07 Å². The molecule has 0 bridgehead atoms. The molecule has 0 spiro atoms. The summed E-state index contributed by atoms with van der Waals surface area (Å²) < 4.78 is 13.9. The Morgan fingerprint density at radius 3 is 2.91 bits per heavy atom. The topological polar surface area (TPSA) is 50.2 Å². The van der Waals surface area contributed by atoms with Crippen molar-refractivity contribution in [1.29, 1.82) is 0 Å². The lowest BCUT2D eigenvalue weighted by Crippen LogP contribution is -2.41. The minimum Gasteiger partial charge on any atom is -0.396 e. The van der Waals surface area contributed by atoms with Crippen LogP contribution in [-0.2, 0) is 6.42 Å². The first kappa shape index (κ1) is 23.4. The van der Waals surface area contributed by atoms with Crippen LogP contribution in [0.25, 0.3) is 5.57 Å². The fourth-order valence-corrected chi connectivity index (χ4v) is 7.18. The molecule has 1 aromatic carbocycles. The average molecular weight is 462 g/mol. The highest BCUT2D eigenvalue weighted by atomic mass is 19.1. The number of carbonyl (C=O) groups is 1. The van der Waals surface area contributed by atoms with Crippen LogP contribution in [0.5, 0.6) is 0 Å². The van der Waals surface area contributed by atoms with E-state index in [-0.39, 0.29) is 29.5 Å². The van der Waals surface area contributed by atoms with Crippen molar-refractivity contribution in [3.63, 3.8) is 0 Å². The lowest BCUT2D eigenvalue weighted by Gasteiger charge is -2.50. The largest absolute Gasteiger partial charge is 0.396 e. The number of fused-ring (bicyclic) bond motifs is 5. The zero-order valence-corrected chi connectivity index (χ0v) is 20.4. The van der Waals surface area contributed by atoms with E-state index in [1.165, 1.54) is 22.9 Å². The Kier molecular flexibility index (Phi) is 6.45. The molecule has 0 amide bonds. The summed E-state index contributed by atoms with van der Waals surface area (Å²) in [5, 5.41) is 9.19. The van der Waals surface area contributed by atoms with E-state index < -0.39 is 0 Å². The van der Waals surface area contributed by atoms with E-state index in [0.29, 0.717) is 24.2 Å². The van der Waals surface area contributed by atoms with Crippen molar-refractivity contribution in [1.82, 2.24) is 4.98 Å². The molecule has 3 nitrogen and oxygen atoms in total. The van der Waals surface area contributed by atoms with Crippen molar-refractivity contribution in [2.24, 2.45) is 23.2 Å². The number of hydrogen-bond donors (Lipinski definition) is 1. The molecule has 180 valence electrons. The predicted octanol–water partition coefficient (Wildman–Crippen LogP) is 6.75. The van der Waals surface area contributed by atoms with Gasteiger partial charge in [0.1, 0.15) is 5.82 Å². The van der Waals surface area contributed by atoms with Crippen LogP contribution < -0.4 is 0 Å². The van der Waals surface area contributed by atoms with Gasteiger partial charge in [0.25, 0.3) is 0 Å². The van der Waals surface area contributed by atoms with Crippen molar-refractivity contribution in [3.8, 4) is 0 Å². The molecule has 3 aliphatic carbocycles. The van der Waals surface area contributed by atoms with Gasteiger partial charge in [-0.3, -0.25) is 9.78 Å². The monoisotopic (exact) mass is 461 g/mol. The van der Waals surface area contributed by atoms with Crippen molar-refractivity contribution >= 4 is 11.4 Å². The number of Topliss-reactive ketones (excluding diaryl/α,β-unsaturated/α-hetero) is 1. The molecular formula is C30H36FNO2. The van der Waals surface area contributed by atoms with E-state index in [1.807, 2.05) is 19.2 Å². The molecule has 4 heteroatoms. The predicted molar refractivity (Wildman–Crippen MR) is 133 cm³/mol. The van der Waals surface area contributed by atoms with Gasteiger partial charge in [0.05, 0.1) is 6.20 Å². The molecule has 1 aromatic heterocycles. The number of aliphatic hydroxyl groups excluding tert-OH is 1. The quantitative estimate of drug-likeness (QED) is 0.464. The first-order valence-corrected chi connectivity index (χ1v) is 13.0. The Bertz CT molecular complexity index is 1110. The molecule has 5 atom stereocenters. The summed E-state index contributed by atoms with van der Waals surface area (Å²) in [4.78, 5) is 16.9. The summed E-state index contributed by atoms with van der Waals surface area (Å²) in [7, 11) is 0. The smallest absolute Gasteiger partial charge is 0.162 e. The second kappa shape index (κ2) is 9.37. The third-order valence-electron chi connectivity index (χ3n) is 9.06. The number of rotatable bonds is 7. The number of benzene rings is 1. The number of nitrogens with zero attached hydrogens (tertiary/aromatic N) is 1. The molecule has 0 aliphatic heterocycles. The Morgan fingerprint density at radius 1 is 1.26 bits per heavy atom. The molecule has 0 unspecified atom stereocenters. The van der Waals surface area contributed by atoms with Crippen LogP contribution in [-0.4, -0.2) is 22.5 Å². The lowest BCUT2D eigenvalue weighted by atomic mass is 9.54. The maximum absolute atomic E-state index is 13.9. The van der Waals surface area contributed by atoms with E-state index in [4.69, 9.17) is 0 Å². The highest BCUT2D eigenvalue weighted by Crippen LogP contribution is 2.63.